The van der Waals surface area contributed by atoms with E-state index in [0.29, 0.717) is 13.0 Å². The number of aliphatic hydroxyl groups is 1. The van der Waals surface area contributed by atoms with E-state index in [9.17, 15) is 9.90 Å². The monoisotopic (exact) mass is 254 g/mol. The maximum atomic E-state index is 11.8. The predicted octanol–water partition coefficient (Wildman–Crippen LogP) is 0.218. The highest BCUT2D eigenvalue weighted by Crippen LogP contribution is 2.22. The molecule has 6 nitrogen and oxygen atoms in total. The number of aromatic nitrogens is 1. The van der Waals surface area contributed by atoms with Crippen LogP contribution in [0.3, 0.4) is 0 Å². The van der Waals surface area contributed by atoms with Gasteiger partial charge in [0.2, 0.25) is 0 Å². The van der Waals surface area contributed by atoms with Crippen molar-refractivity contribution < 1.29 is 19.2 Å². The molecular formula is C12H18N2O4. The molecule has 2 heterocycles. The van der Waals surface area contributed by atoms with Gasteiger partial charge in [0.15, 0.2) is 0 Å². The number of nitrogens with zero attached hydrogens (tertiary/aromatic N) is 1. The number of aliphatic hydroxyl groups excluding tert-OH is 1. The van der Waals surface area contributed by atoms with E-state index in [4.69, 9.17) is 9.26 Å². The molecule has 0 amide bonds. The van der Waals surface area contributed by atoms with Crippen LogP contribution in [0.2, 0.25) is 0 Å². The molecule has 0 aromatic carbocycles. The van der Waals surface area contributed by atoms with E-state index in [1.54, 1.807) is 6.07 Å². The average Bonchev–Trinajstić information content (AvgIpc) is 2.96. The van der Waals surface area contributed by atoms with Crippen molar-refractivity contribution >= 4 is 5.97 Å². The Morgan fingerprint density at radius 3 is 3.06 bits per heavy atom. The lowest BCUT2D eigenvalue weighted by Crippen LogP contribution is -2.35. The molecule has 1 fully saturated rings. The van der Waals surface area contributed by atoms with Crippen molar-refractivity contribution in [3.05, 3.63) is 18.0 Å². The molecule has 0 aliphatic carbocycles. The van der Waals surface area contributed by atoms with Crippen LogP contribution < -0.4 is 5.32 Å². The Morgan fingerprint density at radius 2 is 2.50 bits per heavy atom. The molecule has 1 aliphatic heterocycles. The number of rotatable bonds is 4. The van der Waals surface area contributed by atoms with E-state index in [1.165, 1.54) is 6.26 Å². The number of carbonyl (C=O) groups is 1. The van der Waals surface area contributed by atoms with Gasteiger partial charge in [0.1, 0.15) is 18.9 Å². The zero-order chi connectivity index (χ0) is 13.2. The van der Waals surface area contributed by atoms with Crippen molar-refractivity contribution in [3.63, 3.8) is 0 Å². The van der Waals surface area contributed by atoms with Crippen molar-refractivity contribution in [2.75, 3.05) is 13.2 Å². The van der Waals surface area contributed by atoms with E-state index in [1.807, 2.05) is 13.8 Å². The van der Waals surface area contributed by atoms with Gasteiger partial charge in [-0.3, -0.25) is 4.79 Å². The molecule has 2 rings (SSSR count). The highest BCUT2D eigenvalue weighted by Gasteiger charge is 2.32. The van der Waals surface area contributed by atoms with E-state index in [2.05, 4.69) is 10.5 Å². The third-order valence-electron chi connectivity index (χ3n) is 3.10. The Hall–Kier alpha value is -1.40. The first-order valence-corrected chi connectivity index (χ1v) is 5.98. The second-order valence-electron chi connectivity index (χ2n) is 5.23. The predicted molar refractivity (Wildman–Crippen MR) is 62.9 cm³/mol. The van der Waals surface area contributed by atoms with E-state index in [0.717, 1.165) is 5.69 Å². The van der Waals surface area contributed by atoms with Gasteiger partial charge in [-0.15, -0.1) is 0 Å². The van der Waals surface area contributed by atoms with E-state index in [-0.39, 0.29) is 18.0 Å². The molecule has 0 radical (unpaired) electrons. The first-order valence-electron chi connectivity index (χ1n) is 5.98. The standard InChI is InChI=1S/C12H18N2O4/c1-12(2,10-3-4-18-14-10)7-17-11(16)9-5-8(15)6-13-9/h3-4,8-9,13,15H,5-7H2,1-2H3. The average molecular weight is 254 g/mol. The molecule has 0 saturated carbocycles. The Bertz CT molecular complexity index is 402. The Kier molecular flexibility index (Phi) is 3.68. The molecule has 100 valence electrons. The van der Waals surface area contributed by atoms with Gasteiger partial charge >= 0.3 is 5.97 Å². The van der Waals surface area contributed by atoms with Gasteiger partial charge in [0.05, 0.1) is 11.8 Å². The number of carbonyl (C=O) groups excluding carboxylic acids is 1. The molecular weight excluding hydrogens is 236 g/mol. The van der Waals surface area contributed by atoms with Crippen LogP contribution >= 0.6 is 0 Å². The smallest absolute Gasteiger partial charge is 0.323 e. The Labute approximate surface area is 105 Å². The maximum absolute atomic E-state index is 11.8. The minimum atomic E-state index is -0.467. The minimum Gasteiger partial charge on any atom is -0.464 e. The normalized spacial score (nSPS) is 24.2. The molecule has 2 unspecified atom stereocenters. The van der Waals surface area contributed by atoms with Crippen LogP contribution in [0.4, 0.5) is 0 Å². The second-order valence-corrected chi connectivity index (χ2v) is 5.23. The summed E-state index contributed by atoms with van der Waals surface area (Å²) in [5.74, 6) is -0.330. The SMILES string of the molecule is CC(C)(COC(=O)C1CC(O)CN1)c1ccon1. The highest BCUT2D eigenvalue weighted by atomic mass is 16.5. The first kappa shape index (κ1) is 13.0. The third-order valence-corrected chi connectivity index (χ3v) is 3.10. The summed E-state index contributed by atoms with van der Waals surface area (Å²) >= 11 is 0. The summed E-state index contributed by atoms with van der Waals surface area (Å²) in [5.41, 5.74) is 0.356. The second kappa shape index (κ2) is 5.07. The van der Waals surface area contributed by atoms with Crippen LogP contribution in [0.25, 0.3) is 0 Å². The van der Waals surface area contributed by atoms with Crippen LogP contribution in [0.1, 0.15) is 26.0 Å². The van der Waals surface area contributed by atoms with E-state index < -0.39 is 12.1 Å². The molecule has 0 bridgehead atoms. The lowest BCUT2D eigenvalue weighted by Gasteiger charge is -2.22. The van der Waals surface area contributed by atoms with Gasteiger partial charge < -0.3 is 19.7 Å². The number of β-amino-alcohol motifs (C(OH)–C–C–N with tert-alkyl or cyclic N) is 1. The molecule has 18 heavy (non-hydrogen) atoms. The molecule has 6 heteroatoms. The van der Waals surface area contributed by atoms with Crippen molar-refractivity contribution in [1.29, 1.82) is 0 Å². The van der Waals surface area contributed by atoms with Crippen molar-refractivity contribution in [1.82, 2.24) is 10.5 Å². The lowest BCUT2D eigenvalue weighted by molar-refractivity contribution is -0.147. The summed E-state index contributed by atoms with van der Waals surface area (Å²) in [6.07, 6.45) is 1.43. The zero-order valence-corrected chi connectivity index (χ0v) is 10.5. The summed E-state index contributed by atoms with van der Waals surface area (Å²) < 4.78 is 10.1. The fourth-order valence-corrected chi connectivity index (χ4v) is 1.88. The fraction of sp³-hybridized carbons (Fsp3) is 0.667. The van der Waals surface area contributed by atoms with Crippen molar-refractivity contribution in [2.24, 2.45) is 0 Å². The van der Waals surface area contributed by atoms with Gasteiger partial charge in [-0.2, -0.15) is 0 Å². The summed E-state index contributed by atoms with van der Waals surface area (Å²) in [4.78, 5) is 11.8. The zero-order valence-electron chi connectivity index (χ0n) is 10.5. The van der Waals surface area contributed by atoms with E-state index >= 15 is 0 Å². The first-order chi connectivity index (χ1) is 8.49. The minimum absolute atomic E-state index is 0.229. The maximum Gasteiger partial charge on any atom is 0.323 e. The number of hydrogen-bond acceptors (Lipinski definition) is 6. The van der Waals surface area contributed by atoms with Crippen LogP contribution in [0, 0.1) is 0 Å². The molecule has 2 N–H and O–H groups in total. The highest BCUT2D eigenvalue weighted by molar-refractivity contribution is 5.76. The molecule has 1 aromatic rings. The van der Waals surface area contributed by atoms with Gasteiger partial charge in [0, 0.05) is 24.4 Å². The Balaban J connectivity index is 1.86. The van der Waals surface area contributed by atoms with Crippen molar-refractivity contribution in [2.45, 2.75) is 37.8 Å². The number of hydrogen-bond donors (Lipinski definition) is 2. The van der Waals surface area contributed by atoms with Crippen LogP contribution in [-0.2, 0) is 14.9 Å². The fourth-order valence-electron chi connectivity index (χ4n) is 1.88. The number of nitrogens with one attached hydrogen (secondary N) is 1. The summed E-state index contributed by atoms with van der Waals surface area (Å²) in [5, 5.41) is 16.1. The number of esters is 1. The Morgan fingerprint density at radius 1 is 1.72 bits per heavy atom. The summed E-state index contributed by atoms with van der Waals surface area (Å²) in [6, 6.07) is 1.35. The molecule has 2 atom stereocenters. The van der Waals surface area contributed by atoms with Crippen LogP contribution in [0.5, 0.6) is 0 Å². The van der Waals surface area contributed by atoms with Gasteiger partial charge in [0.25, 0.3) is 0 Å². The third kappa shape index (κ3) is 2.88. The molecule has 1 aromatic heterocycles. The summed E-state index contributed by atoms with van der Waals surface area (Å²) in [7, 11) is 0. The lowest BCUT2D eigenvalue weighted by atomic mass is 9.91. The van der Waals surface area contributed by atoms with Gasteiger partial charge in [-0.1, -0.05) is 19.0 Å². The van der Waals surface area contributed by atoms with Gasteiger partial charge in [-0.05, 0) is 0 Å². The molecule has 1 aliphatic rings. The topological polar surface area (TPSA) is 84.6 Å². The van der Waals surface area contributed by atoms with Gasteiger partial charge in [-0.25, -0.2) is 0 Å². The van der Waals surface area contributed by atoms with Crippen LogP contribution in [0.15, 0.2) is 16.9 Å². The number of ether oxygens (including phenoxy) is 1. The summed E-state index contributed by atoms with van der Waals surface area (Å²) in [6.45, 7) is 4.52. The molecule has 1 saturated heterocycles. The molecule has 0 spiro atoms. The van der Waals surface area contributed by atoms with Crippen molar-refractivity contribution in [3.8, 4) is 0 Å². The van der Waals surface area contributed by atoms with Crippen LogP contribution in [-0.4, -0.2) is 41.5 Å². The largest absolute Gasteiger partial charge is 0.464 e. The quantitative estimate of drug-likeness (QED) is 0.748.